The van der Waals surface area contributed by atoms with E-state index in [9.17, 15) is 4.79 Å². The van der Waals surface area contributed by atoms with Gasteiger partial charge >= 0.3 is 0 Å². The van der Waals surface area contributed by atoms with E-state index in [1.807, 2.05) is 33.0 Å². The lowest BCUT2D eigenvalue weighted by molar-refractivity contribution is 0.0976. The van der Waals surface area contributed by atoms with Crippen molar-refractivity contribution < 1.29 is 4.79 Å². The molecule has 152 valence electrons. The summed E-state index contributed by atoms with van der Waals surface area (Å²) in [6, 6.07) is 4.27. The fraction of sp³-hybridized carbons (Fsp3) is 0.450. The van der Waals surface area contributed by atoms with Crippen molar-refractivity contribution in [2.75, 3.05) is 32.1 Å². The van der Waals surface area contributed by atoms with E-state index in [2.05, 4.69) is 36.0 Å². The van der Waals surface area contributed by atoms with E-state index in [4.69, 9.17) is 4.98 Å². The van der Waals surface area contributed by atoms with Crippen LogP contribution in [0.15, 0.2) is 18.3 Å². The number of benzene rings is 1. The van der Waals surface area contributed by atoms with Gasteiger partial charge in [-0.2, -0.15) is 5.10 Å². The van der Waals surface area contributed by atoms with E-state index in [0.29, 0.717) is 12.2 Å². The molecule has 1 aromatic carbocycles. The molecule has 0 atom stereocenters. The molecule has 3 aromatic rings. The van der Waals surface area contributed by atoms with E-state index < -0.39 is 0 Å². The molecule has 0 aliphatic carbocycles. The molecule has 0 bridgehead atoms. The van der Waals surface area contributed by atoms with Gasteiger partial charge in [0.1, 0.15) is 5.69 Å². The molecule has 2 heterocycles. The highest BCUT2D eigenvalue weighted by Gasteiger charge is 2.25. The molecule has 0 aliphatic rings. The van der Waals surface area contributed by atoms with Crippen LogP contribution in [0.2, 0.25) is 0 Å². The first kappa shape index (κ1) is 22.3. The Morgan fingerprint density at radius 1 is 1.14 bits per heavy atom. The lowest BCUT2D eigenvalue weighted by atomic mass is 10.1. The number of anilines is 1. The smallest absolute Gasteiger partial charge is 0.278 e. The van der Waals surface area contributed by atoms with Crippen LogP contribution in [-0.2, 0) is 7.05 Å². The summed E-state index contributed by atoms with van der Waals surface area (Å²) in [4.78, 5) is 22.1. The summed E-state index contributed by atoms with van der Waals surface area (Å²) in [5, 5.41) is 4.99. The number of hydrogen-bond acceptors (Lipinski definition) is 5. The second kappa shape index (κ2) is 9.03. The number of hydrogen-bond donors (Lipinski definition) is 0. The van der Waals surface area contributed by atoms with Gasteiger partial charge in [-0.3, -0.25) is 14.4 Å². The van der Waals surface area contributed by atoms with E-state index in [0.717, 1.165) is 39.4 Å². The Balaban J connectivity index is 0.00000280. The predicted molar refractivity (Wildman–Crippen MR) is 119 cm³/mol. The number of halogens is 1. The maximum absolute atomic E-state index is 13.4. The molecule has 6 nitrogen and oxygen atoms in total. The monoisotopic (exact) mass is 421 g/mol. The number of amides is 1. The molecule has 0 saturated carbocycles. The van der Waals surface area contributed by atoms with Crippen molar-refractivity contribution in [1.29, 1.82) is 0 Å². The average Bonchev–Trinajstić information content (AvgIpc) is 3.14. The number of aryl methyl sites for hydroxylation is 4. The Bertz CT molecular complexity index is 959. The van der Waals surface area contributed by atoms with Crippen LogP contribution in [0.4, 0.5) is 5.13 Å². The third kappa shape index (κ3) is 4.54. The van der Waals surface area contributed by atoms with Crippen molar-refractivity contribution in [3.05, 3.63) is 40.7 Å². The number of nitrogens with zero attached hydrogens (tertiary/aromatic N) is 5. The van der Waals surface area contributed by atoms with Crippen molar-refractivity contribution in [1.82, 2.24) is 19.7 Å². The van der Waals surface area contributed by atoms with Crippen molar-refractivity contribution in [2.24, 2.45) is 7.05 Å². The highest BCUT2D eigenvalue weighted by Crippen LogP contribution is 2.32. The molecular weight excluding hydrogens is 394 g/mol. The van der Waals surface area contributed by atoms with Crippen LogP contribution in [0.3, 0.4) is 0 Å². The fourth-order valence-corrected chi connectivity index (χ4v) is 4.45. The number of fused-ring (bicyclic) bond motifs is 1. The van der Waals surface area contributed by atoms with Crippen LogP contribution < -0.4 is 4.90 Å². The minimum absolute atomic E-state index is 0. The van der Waals surface area contributed by atoms with Crippen LogP contribution >= 0.6 is 23.7 Å². The predicted octanol–water partition coefficient (Wildman–Crippen LogP) is 3.98. The zero-order chi connectivity index (χ0) is 19.7. The third-order valence-corrected chi connectivity index (χ3v) is 5.63. The number of rotatable bonds is 6. The summed E-state index contributed by atoms with van der Waals surface area (Å²) in [6.07, 6.45) is 2.61. The van der Waals surface area contributed by atoms with Gasteiger partial charge in [0.15, 0.2) is 5.13 Å². The maximum Gasteiger partial charge on any atom is 0.278 e. The Morgan fingerprint density at radius 2 is 1.86 bits per heavy atom. The van der Waals surface area contributed by atoms with E-state index in [1.54, 1.807) is 22.2 Å². The number of carbonyl (C=O) groups excluding carboxylic acids is 1. The number of aromatic nitrogens is 3. The van der Waals surface area contributed by atoms with Crippen LogP contribution in [0.25, 0.3) is 10.2 Å². The fourth-order valence-electron chi connectivity index (χ4n) is 3.29. The van der Waals surface area contributed by atoms with Gasteiger partial charge < -0.3 is 4.90 Å². The quantitative estimate of drug-likeness (QED) is 0.604. The highest BCUT2D eigenvalue weighted by molar-refractivity contribution is 7.22. The maximum atomic E-state index is 13.4. The van der Waals surface area contributed by atoms with E-state index in [-0.39, 0.29) is 18.3 Å². The molecule has 0 fully saturated rings. The summed E-state index contributed by atoms with van der Waals surface area (Å²) < 4.78 is 2.77. The first-order valence-corrected chi connectivity index (χ1v) is 9.92. The van der Waals surface area contributed by atoms with Crippen molar-refractivity contribution in [3.8, 4) is 0 Å². The topological polar surface area (TPSA) is 54.3 Å². The molecule has 0 radical (unpaired) electrons. The first-order valence-electron chi connectivity index (χ1n) is 9.11. The summed E-state index contributed by atoms with van der Waals surface area (Å²) in [7, 11) is 5.90. The van der Waals surface area contributed by atoms with E-state index in [1.165, 1.54) is 5.56 Å². The average molecular weight is 422 g/mol. The van der Waals surface area contributed by atoms with Crippen LogP contribution in [-0.4, -0.2) is 52.8 Å². The van der Waals surface area contributed by atoms with Gasteiger partial charge in [-0.1, -0.05) is 17.4 Å². The molecule has 2 aromatic heterocycles. The summed E-state index contributed by atoms with van der Waals surface area (Å²) in [5.41, 5.74) is 4.83. The standard InChI is InChI=1S/C20H27N5OS.ClH/c1-13-10-14(2)17-16(11-13)27-20(22-17)25(9-7-8-23(4)5)19(26)18-15(3)12-21-24(18)6;/h10-12H,7-9H2,1-6H3;1H. The summed E-state index contributed by atoms with van der Waals surface area (Å²) >= 11 is 1.58. The minimum Gasteiger partial charge on any atom is -0.309 e. The second-order valence-corrected chi connectivity index (χ2v) is 8.35. The Morgan fingerprint density at radius 3 is 2.46 bits per heavy atom. The molecule has 0 unspecified atom stereocenters. The molecule has 0 saturated heterocycles. The van der Waals surface area contributed by atoms with Crippen LogP contribution in [0.5, 0.6) is 0 Å². The van der Waals surface area contributed by atoms with Crippen molar-refractivity contribution in [2.45, 2.75) is 27.2 Å². The van der Waals surface area contributed by atoms with Gasteiger partial charge in [0, 0.05) is 13.6 Å². The van der Waals surface area contributed by atoms with E-state index >= 15 is 0 Å². The zero-order valence-corrected chi connectivity index (χ0v) is 18.9. The van der Waals surface area contributed by atoms with Gasteiger partial charge in [-0.25, -0.2) is 4.98 Å². The van der Waals surface area contributed by atoms with Gasteiger partial charge in [-0.15, -0.1) is 12.4 Å². The van der Waals surface area contributed by atoms with Crippen molar-refractivity contribution >= 4 is 45.0 Å². The molecular formula is C20H28ClN5OS. The molecule has 0 aliphatic heterocycles. The van der Waals surface area contributed by atoms with Crippen LogP contribution in [0, 0.1) is 20.8 Å². The summed E-state index contributed by atoms with van der Waals surface area (Å²) in [5.74, 6) is -0.0420. The van der Waals surface area contributed by atoms with Gasteiger partial charge in [-0.05, 0) is 70.6 Å². The molecule has 1 amide bonds. The molecule has 8 heteroatoms. The van der Waals surface area contributed by atoms with Crippen LogP contribution in [0.1, 0.15) is 33.6 Å². The number of thiazole rings is 1. The lowest BCUT2D eigenvalue weighted by Gasteiger charge is -2.21. The Labute approximate surface area is 176 Å². The first-order chi connectivity index (χ1) is 12.8. The molecule has 28 heavy (non-hydrogen) atoms. The molecule has 0 spiro atoms. The van der Waals surface area contributed by atoms with Gasteiger partial charge in [0.05, 0.1) is 16.4 Å². The largest absolute Gasteiger partial charge is 0.309 e. The Hall–Kier alpha value is -1.96. The molecule has 3 rings (SSSR count). The summed E-state index contributed by atoms with van der Waals surface area (Å²) in [6.45, 7) is 7.62. The SMILES string of the molecule is Cc1cc(C)c2nc(N(CCCN(C)C)C(=O)c3c(C)cnn3C)sc2c1.Cl. The molecule has 0 N–H and O–H groups in total. The van der Waals surface area contributed by atoms with Gasteiger partial charge in [0.2, 0.25) is 0 Å². The highest BCUT2D eigenvalue weighted by atomic mass is 35.5. The minimum atomic E-state index is -0.0420. The zero-order valence-electron chi connectivity index (χ0n) is 17.3. The second-order valence-electron chi connectivity index (χ2n) is 7.34. The lowest BCUT2D eigenvalue weighted by Crippen LogP contribution is -2.35. The normalized spacial score (nSPS) is 11.1. The third-order valence-electron chi connectivity index (χ3n) is 4.61. The Kier molecular flexibility index (Phi) is 7.20. The van der Waals surface area contributed by atoms with Gasteiger partial charge in [0.25, 0.3) is 5.91 Å². The number of carbonyl (C=O) groups is 1. The van der Waals surface area contributed by atoms with Crippen molar-refractivity contribution in [3.63, 3.8) is 0 Å².